The van der Waals surface area contributed by atoms with Crippen LogP contribution >= 0.6 is 0 Å². The minimum Gasteiger partial charge on any atom is -0.484 e. The van der Waals surface area contributed by atoms with E-state index in [-0.39, 0.29) is 12.3 Å². The molecule has 0 saturated heterocycles. The SMILES string of the molecule is Cc1ccc(OCC(=O)N/N=C/c2ccc(-c3cccc([N+](=O)[O-])c3)o2)cc1C. The van der Waals surface area contributed by atoms with E-state index in [4.69, 9.17) is 9.15 Å². The number of nitrogens with zero attached hydrogens (tertiary/aromatic N) is 2. The number of amides is 1. The molecule has 0 aliphatic carbocycles. The van der Waals surface area contributed by atoms with E-state index in [1.165, 1.54) is 18.3 Å². The fourth-order valence-corrected chi connectivity index (χ4v) is 2.50. The standard InChI is InChI=1S/C21H19N3O5/c1-14-6-7-18(10-15(14)2)28-13-21(25)23-22-12-19-8-9-20(29-19)16-4-3-5-17(11-16)24(26)27/h3-12H,13H2,1-2H3,(H,23,25)/b22-12+. The molecule has 0 atom stereocenters. The lowest BCUT2D eigenvalue weighted by atomic mass is 10.1. The zero-order chi connectivity index (χ0) is 20.8. The van der Waals surface area contributed by atoms with Crippen molar-refractivity contribution >= 4 is 17.8 Å². The van der Waals surface area contributed by atoms with Crippen LogP contribution in [0.4, 0.5) is 5.69 Å². The van der Waals surface area contributed by atoms with Crippen LogP contribution in [-0.4, -0.2) is 23.7 Å². The second-order valence-electron chi connectivity index (χ2n) is 6.34. The summed E-state index contributed by atoms with van der Waals surface area (Å²) in [6.45, 7) is 3.80. The molecule has 1 N–H and O–H groups in total. The average molecular weight is 393 g/mol. The first-order chi connectivity index (χ1) is 13.9. The van der Waals surface area contributed by atoms with Crippen LogP contribution in [0.5, 0.6) is 5.75 Å². The normalized spacial score (nSPS) is 10.8. The second kappa shape index (κ2) is 8.83. The first-order valence-corrected chi connectivity index (χ1v) is 8.79. The molecule has 2 aromatic carbocycles. The summed E-state index contributed by atoms with van der Waals surface area (Å²) in [5.41, 5.74) is 5.14. The molecule has 0 radical (unpaired) electrons. The molecule has 1 heterocycles. The van der Waals surface area contributed by atoms with Crippen LogP contribution in [0.1, 0.15) is 16.9 Å². The monoisotopic (exact) mass is 393 g/mol. The number of benzene rings is 2. The Morgan fingerprint density at radius 3 is 2.76 bits per heavy atom. The van der Waals surface area contributed by atoms with Crippen LogP contribution in [0.2, 0.25) is 0 Å². The van der Waals surface area contributed by atoms with E-state index < -0.39 is 10.8 Å². The van der Waals surface area contributed by atoms with E-state index in [1.54, 1.807) is 30.3 Å². The third kappa shape index (κ3) is 5.29. The van der Waals surface area contributed by atoms with Gasteiger partial charge in [-0.15, -0.1) is 0 Å². The summed E-state index contributed by atoms with van der Waals surface area (Å²) in [6, 6.07) is 15.0. The molecule has 29 heavy (non-hydrogen) atoms. The highest BCUT2D eigenvalue weighted by molar-refractivity contribution is 5.81. The van der Waals surface area contributed by atoms with Crippen molar-refractivity contribution < 1.29 is 18.9 Å². The van der Waals surface area contributed by atoms with Gasteiger partial charge in [0.1, 0.15) is 17.3 Å². The number of carbonyl (C=O) groups excluding carboxylic acids is 1. The van der Waals surface area contributed by atoms with E-state index in [9.17, 15) is 14.9 Å². The van der Waals surface area contributed by atoms with Gasteiger partial charge in [0.25, 0.3) is 11.6 Å². The van der Waals surface area contributed by atoms with Crippen molar-refractivity contribution in [1.82, 2.24) is 5.43 Å². The summed E-state index contributed by atoms with van der Waals surface area (Å²) >= 11 is 0. The highest BCUT2D eigenvalue weighted by atomic mass is 16.6. The maximum absolute atomic E-state index is 11.8. The second-order valence-corrected chi connectivity index (χ2v) is 6.34. The average Bonchev–Trinajstić information content (AvgIpc) is 3.18. The highest BCUT2D eigenvalue weighted by Gasteiger charge is 2.10. The van der Waals surface area contributed by atoms with Crippen LogP contribution in [-0.2, 0) is 4.79 Å². The molecular weight excluding hydrogens is 374 g/mol. The fraction of sp³-hybridized carbons (Fsp3) is 0.143. The molecule has 3 aromatic rings. The van der Waals surface area contributed by atoms with Gasteiger partial charge in [-0.2, -0.15) is 5.10 Å². The molecule has 1 amide bonds. The van der Waals surface area contributed by atoms with Crippen LogP contribution in [0.25, 0.3) is 11.3 Å². The van der Waals surface area contributed by atoms with Crippen molar-refractivity contribution in [2.75, 3.05) is 6.61 Å². The Labute approximate surface area is 167 Å². The van der Waals surface area contributed by atoms with Gasteiger partial charge in [-0.3, -0.25) is 14.9 Å². The van der Waals surface area contributed by atoms with Crippen LogP contribution < -0.4 is 10.2 Å². The summed E-state index contributed by atoms with van der Waals surface area (Å²) < 4.78 is 11.0. The number of hydrazone groups is 1. The van der Waals surface area contributed by atoms with Gasteiger partial charge in [0, 0.05) is 17.7 Å². The third-order valence-corrected chi connectivity index (χ3v) is 4.20. The quantitative estimate of drug-likeness (QED) is 0.371. The zero-order valence-corrected chi connectivity index (χ0v) is 15.9. The number of carbonyl (C=O) groups is 1. The molecule has 0 unspecified atom stereocenters. The number of rotatable bonds is 7. The number of furan rings is 1. The van der Waals surface area contributed by atoms with Gasteiger partial charge in [0.05, 0.1) is 11.1 Å². The number of hydrogen-bond donors (Lipinski definition) is 1. The van der Waals surface area contributed by atoms with Gasteiger partial charge in [0.15, 0.2) is 6.61 Å². The van der Waals surface area contributed by atoms with Gasteiger partial charge in [0.2, 0.25) is 0 Å². The number of hydrogen-bond acceptors (Lipinski definition) is 6. The van der Waals surface area contributed by atoms with E-state index in [0.29, 0.717) is 22.8 Å². The molecule has 0 bridgehead atoms. The van der Waals surface area contributed by atoms with Crippen molar-refractivity contribution in [1.29, 1.82) is 0 Å². The molecule has 8 nitrogen and oxygen atoms in total. The first kappa shape index (κ1) is 19.8. The van der Waals surface area contributed by atoms with E-state index in [0.717, 1.165) is 11.1 Å². The van der Waals surface area contributed by atoms with Gasteiger partial charge < -0.3 is 9.15 Å². The molecule has 0 spiro atoms. The molecule has 3 rings (SSSR count). The minimum absolute atomic E-state index is 0.0230. The largest absolute Gasteiger partial charge is 0.484 e. The molecule has 0 aliphatic heterocycles. The molecular formula is C21H19N3O5. The van der Waals surface area contributed by atoms with Crippen molar-refractivity contribution in [3.05, 3.63) is 81.6 Å². The molecule has 148 valence electrons. The number of nitro groups is 1. The van der Waals surface area contributed by atoms with Gasteiger partial charge >= 0.3 is 0 Å². The lowest BCUT2D eigenvalue weighted by Crippen LogP contribution is -2.24. The smallest absolute Gasteiger partial charge is 0.277 e. The maximum Gasteiger partial charge on any atom is 0.277 e. The third-order valence-electron chi connectivity index (χ3n) is 4.20. The van der Waals surface area contributed by atoms with E-state index in [2.05, 4.69) is 10.5 Å². The minimum atomic E-state index is -0.468. The summed E-state index contributed by atoms with van der Waals surface area (Å²) in [7, 11) is 0. The molecule has 0 fully saturated rings. The summed E-state index contributed by atoms with van der Waals surface area (Å²) in [5.74, 6) is 1.05. The maximum atomic E-state index is 11.8. The van der Waals surface area contributed by atoms with Gasteiger partial charge in [-0.25, -0.2) is 5.43 Å². The number of aryl methyl sites for hydroxylation is 2. The van der Waals surface area contributed by atoms with Crippen molar-refractivity contribution in [3.8, 4) is 17.1 Å². The number of ether oxygens (including phenoxy) is 1. The van der Waals surface area contributed by atoms with Crippen molar-refractivity contribution in [2.24, 2.45) is 5.10 Å². The van der Waals surface area contributed by atoms with Crippen molar-refractivity contribution in [3.63, 3.8) is 0 Å². The lowest BCUT2D eigenvalue weighted by molar-refractivity contribution is -0.384. The van der Waals surface area contributed by atoms with E-state index >= 15 is 0 Å². The Morgan fingerprint density at radius 1 is 1.17 bits per heavy atom. The predicted octanol–water partition coefficient (Wildman–Crippen LogP) is 4.00. The number of nitrogens with one attached hydrogen (secondary N) is 1. The van der Waals surface area contributed by atoms with Crippen molar-refractivity contribution in [2.45, 2.75) is 13.8 Å². The molecule has 8 heteroatoms. The van der Waals surface area contributed by atoms with Crippen LogP contribution in [0.15, 0.2) is 64.1 Å². The van der Waals surface area contributed by atoms with E-state index in [1.807, 2.05) is 26.0 Å². The number of non-ortho nitro benzene ring substituents is 1. The fourth-order valence-electron chi connectivity index (χ4n) is 2.50. The molecule has 1 aromatic heterocycles. The summed E-state index contributed by atoms with van der Waals surface area (Å²) in [4.78, 5) is 22.2. The topological polar surface area (TPSA) is 107 Å². The summed E-state index contributed by atoms with van der Waals surface area (Å²) in [5, 5.41) is 14.7. The Morgan fingerprint density at radius 2 is 2.00 bits per heavy atom. The Hall–Kier alpha value is -3.94. The van der Waals surface area contributed by atoms with Gasteiger partial charge in [-0.1, -0.05) is 18.2 Å². The highest BCUT2D eigenvalue weighted by Crippen LogP contribution is 2.25. The first-order valence-electron chi connectivity index (χ1n) is 8.79. The van der Waals surface area contributed by atoms with Gasteiger partial charge in [-0.05, 0) is 49.2 Å². The molecule has 0 aliphatic rings. The Bertz CT molecular complexity index is 1070. The Kier molecular flexibility index (Phi) is 6.03. The van der Waals surface area contributed by atoms with Crippen LogP contribution in [0.3, 0.4) is 0 Å². The predicted molar refractivity (Wildman–Crippen MR) is 108 cm³/mol. The summed E-state index contributed by atoms with van der Waals surface area (Å²) in [6.07, 6.45) is 1.34. The number of nitro benzene ring substituents is 1. The lowest BCUT2D eigenvalue weighted by Gasteiger charge is -2.07. The zero-order valence-electron chi connectivity index (χ0n) is 15.9. The van der Waals surface area contributed by atoms with Crippen LogP contribution in [0, 0.1) is 24.0 Å². The Balaban J connectivity index is 1.54. The molecule has 0 saturated carbocycles.